The summed E-state index contributed by atoms with van der Waals surface area (Å²) in [4.78, 5) is 38.7. The fraction of sp³-hybridized carbons (Fsp3) is 0.633. The Morgan fingerprint density at radius 1 is 0.872 bits per heavy atom. The van der Waals surface area contributed by atoms with Crippen LogP contribution in [0.4, 0.5) is 0 Å². The molecule has 2 unspecified atom stereocenters. The SMILES string of the molecule is C=C(C(CC1OC1(C)C)OC(=O)/C(C)=C/C)[C@H]1[C@H](OC(=O)/C(C)=C/C)[C@H]2O[C@@]2(C)[C@@H](O)[C@H]1OC(=O)/C(C)=C\C. The zero-order valence-electron chi connectivity index (χ0n) is 24.4. The van der Waals surface area contributed by atoms with Crippen molar-refractivity contribution in [1.29, 1.82) is 0 Å². The van der Waals surface area contributed by atoms with Crippen molar-refractivity contribution >= 4 is 17.9 Å². The molecule has 39 heavy (non-hydrogen) atoms. The molecular formula is C30H42O9. The number of ether oxygens (including phenoxy) is 5. The van der Waals surface area contributed by atoms with E-state index < -0.39 is 65.5 Å². The van der Waals surface area contributed by atoms with Crippen molar-refractivity contribution in [2.75, 3.05) is 0 Å². The lowest BCUT2D eigenvalue weighted by Crippen LogP contribution is -2.59. The summed E-state index contributed by atoms with van der Waals surface area (Å²) in [5, 5.41) is 11.4. The van der Waals surface area contributed by atoms with Gasteiger partial charge in [0.05, 0.1) is 17.6 Å². The van der Waals surface area contributed by atoms with E-state index in [2.05, 4.69) is 6.58 Å². The highest BCUT2D eigenvalue weighted by molar-refractivity contribution is 5.89. The second-order valence-electron chi connectivity index (χ2n) is 11.3. The topological polar surface area (TPSA) is 124 Å². The van der Waals surface area contributed by atoms with Crippen molar-refractivity contribution < 1.29 is 43.2 Å². The molecule has 3 rings (SSSR count). The van der Waals surface area contributed by atoms with Crippen LogP contribution in [-0.2, 0) is 38.1 Å². The maximum atomic E-state index is 12.9. The van der Waals surface area contributed by atoms with Gasteiger partial charge in [-0.3, -0.25) is 0 Å². The van der Waals surface area contributed by atoms with E-state index in [0.717, 1.165) is 0 Å². The maximum Gasteiger partial charge on any atom is 0.333 e. The summed E-state index contributed by atoms with van der Waals surface area (Å²) in [5.74, 6) is -2.69. The van der Waals surface area contributed by atoms with Crippen LogP contribution < -0.4 is 0 Å². The van der Waals surface area contributed by atoms with E-state index in [1.807, 2.05) is 13.8 Å². The molecule has 0 spiro atoms. The van der Waals surface area contributed by atoms with Crippen LogP contribution in [0.5, 0.6) is 0 Å². The fourth-order valence-corrected chi connectivity index (χ4v) is 4.82. The van der Waals surface area contributed by atoms with Crippen LogP contribution in [0.3, 0.4) is 0 Å². The van der Waals surface area contributed by atoms with Gasteiger partial charge in [-0.2, -0.15) is 0 Å². The molecule has 0 bridgehead atoms. The maximum absolute atomic E-state index is 12.9. The van der Waals surface area contributed by atoms with Gasteiger partial charge in [0, 0.05) is 23.1 Å². The molecule has 0 amide bonds. The molecule has 1 saturated carbocycles. The lowest BCUT2D eigenvalue weighted by atomic mass is 9.71. The zero-order chi connectivity index (χ0) is 29.4. The highest BCUT2D eigenvalue weighted by atomic mass is 16.7. The molecule has 1 N–H and O–H groups in total. The highest BCUT2D eigenvalue weighted by Crippen LogP contribution is 2.54. The molecule has 2 saturated heterocycles. The zero-order valence-corrected chi connectivity index (χ0v) is 24.4. The molecule has 0 radical (unpaired) electrons. The fourth-order valence-electron chi connectivity index (χ4n) is 4.82. The third-order valence-corrected chi connectivity index (χ3v) is 8.23. The Hall–Kier alpha value is -2.75. The van der Waals surface area contributed by atoms with Gasteiger partial charge >= 0.3 is 17.9 Å². The highest BCUT2D eigenvalue weighted by Gasteiger charge is 2.72. The lowest BCUT2D eigenvalue weighted by molar-refractivity contribution is -0.173. The largest absolute Gasteiger partial charge is 0.455 e. The number of rotatable bonds is 10. The normalized spacial score (nSPS) is 34.4. The molecule has 2 aliphatic heterocycles. The van der Waals surface area contributed by atoms with Gasteiger partial charge < -0.3 is 28.8 Å². The molecule has 216 valence electrons. The van der Waals surface area contributed by atoms with Crippen LogP contribution in [0.25, 0.3) is 0 Å². The van der Waals surface area contributed by atoms with Crippen molar-refractivity contribution in [1.82, 2.24) is 0 Å². The first kappa shape index (κ1) is 30.8. The van der Waals surface area contributed by atoms with E-state index in [9.17, 15) is 19.5 Å². The molecule has 9 nitrogen and oxygen atoms in total. The average molecular weight is 547 g/mol. The monoisotopic (exact) mass is 546 g/mol. The third kappa shape index (κ3) is 6.21. The van der Waals surface area contributed by atoms with Crippen LogP contribution in [0, 0.1) is 5.92 Å². The average Bonchev–Trinajstić information content (AvgIpc) is 3.77. The van der Waals surface area contributed by atoms with Gasteiger partial charge in [-0.1, -0.05) is 24.8 Å². The van der Waals surface area contributed by atoms with E-state index in [1.54, 1.807) is 66.7 Å². The second kappa shape index (κ2) is 11.4. The van der Waals surface area contributed by atoms with E-state index in [-0.39, 0.29) is 12.5 Å². The molecule has 0 aromatic carbocycles. The van der Waals surface area contributed by atoms with Gasteiger partial charge in [0.25, 0.3) is 0 Å². The van der Waals surface area contributed by atoms with E-state index in [1.165, 1.54) is 0 Å². The molecule has 8 atom stereocenters. The van der Waals surface area contributed by atoms with Gasteiger partial charge in [0.2, 0.25) is 0 Å². The third-order valence-electron chi connectivity index (χ3n) is 8.23. The molecule has 3 fully saturated rings. The van der Waals surface area contributed by atoms with Crippen molar-refractivity contribution in [3.05, 3.63) is 47.1 Å². The smallest absolute Gasteiger partial charge is 0.333 e. The number of fused-ring (bicyclic) bond motifs is 1. The van der Waals surface area contributed by atoms with Gasteiger partial charge in [-0.25, -0.2) is 14.4 Å². The standard InChI is InChI=1S/C30H42O9/c1-11-15(4)26(32)35-19(14-20-29(8,9)38-20)18(7)21-22(36-27(33)16(5)12-2)24(31)30(10)25(39-30)23(21)37-28(34)17(6)13-3/h11-13,19-25,31H,7,14H2,1-6,8-10H3/b15-11+,16-12-,17-13+/t19?,20?,21-,22+,23+,24+,25-,30+/m1/s1. The summed E-state index contributed by atoms with van der Waals surface area (Å²) in [6.07, 6.45) is -0.0297. The van der Waals surface area contributed by atoms with Crippen LogP contribution in [0.2, 0.25) is 0 Å². The summed E-state index contributed by atoms with van der Waals surface area (Å²) < 4.78 is 29.4. The first-order valence-electron chi connectivity index (χ1n) is 13.4. The van der Waals surface area contributed by atoms with Crippen LogP contribution >= 0.6 is 0 Å². The lowest BCUT2D eigenvalue weighted by Gasteiger charge is -2.42. The number of aliphatic hydroxyl groups excluding tert-OH is 1. The summed E-state index contributed by atoms with van der Waals surface area (Å²) in [5.41, 5.74) is -0.0461. The van der Waals surface area contributed by atoms with Gasteiger partial charge in [0.15, 0.2) is 0 Å². The molecule has 0 aromatic rings. The number of allylic oxidation sites excluding steroid dienone is 3. The van der Waals surface area contributed by atoms with Crippen molar-refractivity contribution in [2.24, 2.45) is 5.92 Å². The first-order valence-corrected chi connectivity index (χ1v) is 13.4. The van der Waals surface area contributed by atoms with Crippen LogP contribution in [0.15, 0.2) is 47.1 Å². The number of carbonyl (C=O) groups excluding carboxylic acids is 3. The Balaban J connectivity index is 2.06. The minimum atomic E-state index is -1.25. The van der Waals surface area contributed by atoms with Gasteiger partial charge in [-0.05, 0) is 67.9 Å². The molecular weight excluding hydrogens is 504 g/mol. The predicted octanol–water partition coefficient (Wildman–Crippen LogP) is 3.89. The number of aliphatic hydroxyl groups is 1. The Morgan fingerprint density at radius 3 is 1.79 bits per heavy atom. The number of carbonyl (C=O) groups is 3. The number of esters is 3. The molecule has 3 aliphatic rings. The summed E-state index contributed by atoms with van der Waals surface area (Å²) in [6, 6.07) is 0. The summed E-state index contributed by atoms with van der Waals surface area (Å²) >= 11 is 0. The van der Waals surface area contributed by atoms with Crippen molar-refractivity contribution in [3.63, 3.8) is 0 Å². The number of hydrogen-bond donors (Lipinski definition) is 1. The summed E-state index contributed by atoms with van der Waals surface area (Å²) in [6.45, 7) is 19.8. The number of hydrogen-bond acceptors (Lipinski definition) is 9. The quantitative estimate of drug-likeness (QED) is 0.143. The minimum absolute atomic E-state index is 0.216. The molecule has 0 aromatic heterocycles. The molecule has 2 heterocycles. The van der Waals surface area contributed by atoms with E-state index in [0.29, 0.717) is 22.3 Å². The van der Waals surface area contributed by atoms with Crippen LogP contribution in [0.1, 0.15) is 68.7 Å². The molecule has 9 heteroatoms. The minimum Gasteiger partial charge on any atom is -0.455 e. The Bertz CT molecular complexity index is 1110. The van der Waals surface area contributed by atoms with E-state index in [4.69, 9.17) is 23.7 Å². The first-order chi connectivity index (χ1) is 18.1. The Labute approximate surface area is 230 Å². The van der Waals surface area contributed by atoms with E-state index >= 15 is 0 Å². The van der Waals surface area contributed by atoms with Gasteiger partial charge in [-0.15, -0.1) is 0 Å². The summed E-state index contributed by atoms with van der Waals surface area (Å²) in [7, 11) is 0. The second-order valence-corrected chi connectivity index (χ2v) is 11.3. The van der Waals surface area contributed by atoms with Gasteiger partial charge in [0.1, 0.15) is 36.1 Å². The Kier molecular flexibility index (Phi) is 8.99. The van der Waals surface area contributed by atoms with Crippen molar-refractivity contribution in [3.8, 4) is 0 Å². The predicted molar refractivity (Wildman–Crippen MR) is 143 cm³/mol. The molecule has 1 aliphatic carbocycles. The number of epoxide rings is 2. The van der Waals surface area contributed by atoms with Crippen molar-refractivity contribution in [2.45, 2.75) is 117 Å². The Morgan fingerprint density at radius 2 is 1.33 bits per heavy atom. The van der Waals surface area contributed by atoms with Crippen LogP contribution in [-0.4, -0.2) is 70.8 Å².